The van der Waals surface area contributed by atoms with Gasteiger partial charge in [-0.25, -0.2) is 0 Å². The van der Waals surface area contributed by atoms with Crippen LogP contribution in [0.3, 0.4) is 0 Å². The third-order valence-electron chi connectivity index (χ3n) is 3.60. The fraction of sp³-hybridized carbons (Fsp3) is 0.100. The third-order valence-corrected chi connectivity index (χ3v) is 4.13. The predicted molar refractivity (Wildman–Crippen MR) is 100 cm³/mol. The van der Waals surface area contributed by atoms with E-state index in [2.05, 4.69) is 21.2 Å². The number of amides is 1. The molecule has 1 aromatic heterocycles. The van der Waals surface area contributed by atoms with Crippen molar-refractivity contribution in [3.05, 3.63) is 76.5 Å². The number of carbonyl (C=O) groups excluding carboxylic acids is 1. The minimum Gasteiger partial charge on any atom is -0.484 e. The van der Waals surface area contributed by atoms with Crippen LogP contribution in [0.1, 0.15) is 11.3 Å². The van der Waals surface area contributed by atoms with Crippen LogP contribution in [-0.2, 0) is 11.3 Å². The van der Waals surface area contributed by atoms with Crippen LogP contribution in [0.4, 0.5) is 0 Å². The summed E-state index contributed by atoms with van der Waals surface area (Å²) < 4.78 is 12.1. The molecular formula is C20H15BrN2O3. The maximum absolute atomic E-state index is 11.9. The van der Waals surface area contributed by atoms with Crippen LogP contribution >= 0.6 is 15.9 Å². The molecule has 0 unspecified atom stereocenters. The largest absolute Gasteiger partial charge is 0.484 e. The summed E-state index contributed by atoms with van der Waals surface area (Å²) in [7, 11) is 0. The molecule has 130 valence electrons. The van der Waals surface area contributed by atoms with Gasteiger partial charge in [0.05, 0.1) is 18.2 Å². The Morgan fingerprint density at radius 3 is 2.50 bits per heavy atom. The standard InChI is InChI=1S/C20H15BrN2O3/c21-16-5-3-15(4-6-16)19-10-9-18(26-19)12-23-20(24)13-25-17-7-1-14(11-22)2-8-17/h1-10H,12-13H2,(H,23,24). The summed E-state index contributed by atoms with van der Waals surface area (Å²) in [6, 6.07) is 20.1. The van der Waals surface area contributed by atoms with Gasteiger partial charge < -0.3 is 14.5 Å². The first kappa shape index (κ1) is 17.8. The lowest BCUT2D eigenvalue weighted by Crippen LogP contribution is -2.28. The lowest BCUT2D eigenvalue weighted by Gasteiger charge is -2.06. The first-order valence-electron chi connectivity index (χ1n) is 7.88. The molecule has 1 heterocycles. The van der Waals surface area contributed by atoms with Crippen LogP contribution in [0, 0.1) is 11.3 Å². The van der Waals surface area contributed by atoms with Crippen molar-refractivity contribution in [3.8, 4) is 23.1 Å². The Bertz CT molecular complexity index is 925. The van der Waals surface area contributed by atoms with Crippen LogP contribution in [0.15, 0.2) is 69.6 Å². The van der Waals surface area contributed by atoms with Gasteiger partial charge in [0.1, 0.15) is 17.3 Å². The molecular weight excluding hydrogens is 396 g/mol. The van der Waals surface area contributed by atoms with Crippen molar-refractivity contribution in [2.24, 2.45) is 0 Å². The molecule has 0 atom stereocenters. The normalized spacial score (nSPS) is 10.2. The highest BCUT2D eigenvalue weighted by Crippen LogP contribution is 2.23. The fourth-order valence-electron chi connectivity index (χ4n) is 2.25. The number of benzene rings is 2. The molecule has 3 aromatic rings. The summed E-state index contributed by atoms with van der Waals surface area (Å²) >= 11 is 3.40. The monoisotopic (exact) mass is 410 g/mol. The summed E-state index contributed by atoms with van der Waals surface area (Å²) in [6.45, 7) is 0.179. The van der Waals surface area contributed by atoms with E-state index in [4.69, 9.17) is 14.4 Å². The Hall–Kier alpha value is -3.04. The van der Waals surface area contributed by atoms with E-state index in [9.17, 15) is 4.79 Å². The zero-order valence-electron chi connectivity index (χ0n) is 13.7. The van der Waals surface area contributed by atoms with Crippen molar-refractivity contribution < 1.29 is 13.9 Å². The Labute approximate surface area is 159 Å². The second-order valence-electron chi connectivity index (χ2n) is 5.47. The molecule has 0 aliphatic carbocycles. The van der Waals surface area contributed by atoms with Gasteiger partial charge in [0.25, 0.3) is 5.91 Å². The van der Waals surface area contributed by atoms with E-state index < -0.39 is 0 Å². The SMILES string of the molecule is N#Cc1ccc(OCC(=O)NCc2ccc(-c3ccc(Br)cc3)o2)cc1. The van der Waals surface area contributed by atoms with Gasteiger partial charge >= 0.3 is 0 Å². The zero-order chi connectivity index (χ0) is 18.4. The second kappa shape index (κ2) is 8.37. The first-order chi connectivity index (χ1) is 12.6. The quantitative estimate of drug-likeness (QED) is 0.657. The van der Waals surface area contributed by atoms with Crippen molar-refractivity contribution in [2.45, 2.75) is 6.54 Å². The molecule has 0 radical (unpaired) electrons. The van der Waals surface area contributed by atoms with Crippen molar-refractivity contribution >= 4 is 21.8 Å². The smallest absolute Gasteiger partial charge is 0.258 e. The Morgan fingerprint density at radius 1 is 1.08 bits per heavy atom. The highest BCUT2D eigenvalue weighted by molar-refractivity contribution is 9.10. The van der Waals surface area contributed by atoms with Crippen LogP contribution < -0.4 is 10.1 Å². The lowest BCUT2D eigenvalue weighted by atomic mass is 10.2. The van der Waals surface area contributed by atoms with E-state index in [1.165, 1.54) is 0 Å². The van der Waals surface area contributed by atoms with E-state index in [1.54, 1.807) is 24.3 Å². The van der Waals surface area contributed by atoms with Crippen LogP contribution in [0.25, 0.3) is 11.3 Å². The third kappa shape index (κ3) is 4.74. The van der Waals surface area contributed by atoms with Gasteiger partial charge in [-0.2, -0.15) is 5.26 Å². The predicted octanol–water partition coefficient (Wildman–Crippen LogP) is 4.28. The number of hydrogen-bond acceptors (Lipinski definition) is 4. The molecule has 1 N–H and O–H groups in total. The summed E-state index contributed by atoms with van der Waals surface area (Å²) in [5, 5.41) is 11.5. The summed E-state index contributed by atoms with van der Waals surface area (Å²) in [6.07, 6.45) is 0. The number of rotatable bonds is 6. The molecule has 0 saturated carbocycles. The van der Waals surface area contributed by atoms with Gasteiger partial charge in [0, 0.05) is 10.0 Å². The highest BCUT2D eigenvalue weighted by atomic mass is 79.9. The van der Waals surface area contributed by atoms with E-state index in [0.717, 1.165) is 15.8 Å². The van der Waals surface area contributed by atoms with Gasteiger partial charge in [-0.1, -0.05) is 28.1 Å². The molecule has 3 rings (SSSR count). The molecule has 0 spiro atoms. The number of hydrogen-bond donors (Lipinski definition) is 1. The van der Waals surface area contributed by atoms with Crippen molar-refractivity contribution in [2.75, 3.05) is 6.61 Å². The van der Waals surface area contributed by atoms with Gasteiger partial charge in [-0.3, -0.25) is 4.79 Å². The van der Waals surface area contributed by atoms with Gasteiger partial charge in [-0.05, 0) is 48.5 Å². The molecule has 0 aliphatic heterocycles. The average Bonchev–Trinajstić information content (AvgIpc) is 3.14. The van der Waals surface area contributed by atoms with E-state index in [-0.39, 0.29) is 19.1 Å². The first-order valence-corrected chi connectivity index (χ1v) is 8.67. The van der Waals surface area contributed by atoms with E-state index in [1.807, 2.05) is 42.5 Å². The Balaban J connectivity index is 1.48. The molecule has 0 fully saturated rings. The number of ether oxygens (including phenoxy) is 1. The number of carbonyl (C=O) groups is 1. The molecule has 0 bridgehead atoms. The zero-order valence-corrected chi connectivity index (χ0v) is 15.3. The molecule has 2 aromatic carbocycles. The van der Waals surface area contributed by atoms with Gasteiger partial charge in [0.15, 0.2) is 6.61 Å². The summed E-state index contributed by atoms with van der Waals surface area (Å²) in [4.78, 5) is 11.9. The van der Waals surface area contributed by atoms with E-state index in [0.29, 0.717) is 17.1 Å². The Kier molecular flexibility index (Phi) is 5.72. The molecule has 5 nitrogen and oxygen atoms in total. The number of nitriles is 1. The topological polar surface area (TPSA) is 75.3 Å². The number of nitrogens with zero attached hydrogens (tertiary/aromatic N) is 1. The average molecular weight is 411 g/mol. The molecule has 0 saturated heterocycles. The van der Waals surface area contributed by atoms with Crippen molar-refractivity contribution in [3.63, 3.8) is 0 Å². The lowest BCUT2D eigenvalue weighted by molar-refractivity contribution is -0.123. The van der Waals surface area contributed by atoms with Gasteiger partial charge in [0.2, 0.25) is 0 Å². The van der Waals surface area contributed by atoms with Crippen LogP contribution in [0.2, 0.25) is 0 Å². The molecule has 1 amide bonds. The van der Waals surface area contributed by atoms with Crippen LogP contribution in [0.5, 0.6) is 5.75 Å². The Morgan fingerprint density at radius 2 is 1.81 bits per heavy atom. The highest BCUT2D eigenvalue weighted by Gasteiger charge is 2.07. The molecule has 6 heteroatoms. The second-order valence-corrected chi connectivity index (χ2v) is 6.39. The minimum atomic E-state index is -0.254. The summed E-state index contributed by atoms with van der Waals surface area (Å²) in [5.41, 5.74) is 1.51. The number of nitrogens with one attached hydrogen (secondary N) is 1. The van der Waals surface area contributed by atoms with Crippen molar-refractivity contribution in [1.29, 1.82) is 5.26 Å². The number of halogens is 1. The molecule has 0 aliphatic rings. The van der Waals surface area contributed by atoms with E-state index >= 15 is 0 Å². The van der Waals surface area contributed by atoms with Crippen molar-refractivity contribution in [1.82, 2.24) is 5.32 Å². The molecule has 26 heavy (non-hydrogen) atoms. The van der Waals surface area contributed by atoms with Gasteiger partial charge in [-0.15, -0.1) is 0 Å². The fourth-order valence-corrected chi connectivity index (χ4v) is 2.52. The van der Waals surface area contributed by atoms with Crippen LogP contribution in [-0.4, -0.2) is 12.5 Å². The number of furan rings is 1. The summed E-state index contributed by atoms with van der Waals surface area (Å²) in [5.74, 6) is 1.69. The minimum absolute atomic E-state index is 0.105. The maximum atomic E-state index is 11.9. The maximum Gasteiger partial charge on any atom is 0.258 e.